The van der Waals surface area contributed by atoms with E-state index in [9.17, 15) is 9.59 Å². The molecule has 0 aliphatic carbocycles. The molecule has 1 fully saturated rings. The minimum Gasteiger partial charge on any atom is -0.484 e. The Labute approximate surface area is 167 Å². The standard InChI is InChI=1S/C19H19Cl2N3O3/c20-16-6-5-15(9-17(16)21)27-12-19(26)23-10-13-1-3-14(4-2-13)24-8-7-22-18(25)11-24/h1-6,9H,7-8,10-12H2,(H,22,25)(H,23,26). The third-order valence-corrected chi connectivity index (χ3v) is 4.83. The van der Waals surface area contributed by atoms with E-state index in [0.29, 0.717) is 35.4 Å². The van der Waals surface area contributed by atoms with Crippen molar-refractivity contribution in [2.45, 2.75) is 6.54 Å². The van der Waals surface area contributed by atoms with Crippen molar-refractivity contribution in [2.24, 2.45) is 0 Å². The predicted molar refractivity (Wildman–Crippen MR) is 105 cm³/mol. The van der Waals surface area contributed by atoms with Gasteiger partial charge in [0.1, 0.15) is 5.75 Å². The van der Waals surface area contributed by atoms with Crippen molar-refractivity contribution in [1.82, 2.24) is 10.6 Å². The highest BCUT2D eigenvalue weighted by Gasteiger charge is 2.16. The van der Waals surface area contributed by atoms with Crippen molar-refractivity contribution in [3.05, 3.63) is 58.1 Å². The molecule has 0 aromatic heterocycles. The van der Waals surface area contributed by atoms with Gasteiger partial charge in [0.15, 0.2) is 6.61 Å². The summed E-state index contributed by atoms with van der Waals surface area (Å²) in [5.41, 5.74) is 1.95. The Balaban J connectivity index is 1.45. The molecule has 1 aliphatic rings. The van der Waals surface area contributed by atoms with Crippen molar-refractivity contribution >= 4 is 40.7 Å². The number of rotatable bonds is 6. The van der Waals surface area contributed by atoms with Gasteiger partial charge in [-0.2, -0.15) is 0 Å². The molecular weight excluding hydrogens is 389 g/mol. The lowest BCUT2D eigenvalue weighted by Gasteiger charge is -2.28. The van der Waals surface area contributed by atoms with Gasteiger partial charge in [0.25, 0.3) is 5.91 Å². The first-order valence-electron chi connectivity index (χ1n) is 8.46. The number of benzene rings is 2. The van der Waals surface area contributed by atoms with Crippen LogP contribution in [-0.4, -0.2) is 38.1 Å². The third kappa shape index (κ3) is 5.52. The maximum absolute atomic E-state index is 11.9. The average molecular weight is 408 g/mol. The van der Waals surface area contributed by atoms with E-state index in [1.165, 1.54) is 0 Å². The van der Waals surface area contributed by atoms with Gasteiger partial charge in [-0.1, -0.05) is 35.3 Å². The van der Waals surface area contributed by atoms with Gasteiger partial charge in [-0.15, -0.1) is 0 Å². The van der Waals surface area contributed by atoms with E-state index in [0.717, 1.165) is 17.8 Å². The van der Waals surface area contributed by atoms with Crippen molar-refractivity contribution in [3.63, 3.8) is 0 Å². The highest BCUT2D eigenvalue weighted by molar-refractivity contribution is 6.42. The molecule has 1 aliphatic heterocycles. The Morgan fingerprint density at radius 1 is 1.15 bits per heavy atom. The van der Waals surface area contributed by atoms with E-state index in [-0.39, 0.29) is 18.4 Å². The lowest BCUT2D eigenvalue weighted by atomic mass is 10.2. The SMILES string of the molecule is O=C(COc1ccc(Cl)c(Cl)c1)NCc1ccc(N2CCNC(=O)C2)cc1. The molecule has 6 nitrogen and oxygen atoms in total. The van der Waals surface area contributed by atoms with Crippen molar-refractivity contribution in [1.29, 1.82) is 0 Å². The number of carbonyl (C=O) groups excluding carboxylic acids is 2. The Morgan fingerprint density at radius 2 is 1.93 bits per heavy atom. The van der Waals surface area contributed by atoms with Crippen LogP contribution in [0.2, 0.25) is 10.0 Å². The number of nitrogens with one attached hydrogen (secondary N) is 2. The second-order valence-electron chi connectivity index (χ2n) is 6.08. The number of ether oxygens (including phenoxy) is 1. The molecule has 27 heavy (non-hydrogen) atoms. The van der Waals surface area contributed by atoms with Crippen LogP contribution in [0.1, 0.15) is 5.56 Å². The van der Waals surface area contributed by atoms with Gasteiger partial charge in [0.05, 0.1) is 16.6 Å². The molecule has 0 bridgehead atoms. The first-order chi connectivity index (χ1) is 13.0. The normalized spacial score (nSPS) is 13.9. The number of hydrogen-bond donors (Lipinski definition) is 2. The Hall–Kier alpha value is -2.44. The minimum atomic E-state index is -0.238. The van der Waals surface area contributed by atoms with Crippen LogP contribution in [0, 0.1) is 0 Å². The van der Waals surface area contributed by atoms with Crippen LogP contribution in [0.15, 0.2) is 42.5 Å². The summed E-state index contributed by atoms with van der Waals surface area (Å²) in [5.74, 6) is 0.270. The monoisotopic (exact) mass is 407 g/mol. The zero-order valence-electron chi connectivity index (χ0n) is 14.5. The summed E-state index contributed by atoms with van der Waals surface area (Å²) in [5, 5.41) is 6.41. The first kappa shape index (κ1) is 19.3. The summed E-state index contributed by atoms with van der Waals surface area (Å²) in [4.78, 5) is 25.4. The van der Waals surface area contributed by atoms with Gasteiger partial charge in [-0.3, -0.25) is 9.59 Å². The van der Waals surface area contributed by atoms with Crippen LogP contribution in [-0.2, 0) is 16.1 Å². The highest BCUT2D eigenvalue weighted by atomic mass is 35.5. The fourth-order valence-corrected chi connectivity index (χ4v) is 2.94. The number of piperazine rings is 1. The third-order valence-electron chi connectivity index (χ3n) is 4.09. The molecule has 0 atom stereocenters. The Morgan fingerprint density at radius 3 is 2.63 bits per heavy atom. The molecule has 0 radical (unpaired) electrons. The van der Waals surface area contributed by atoms with E-state index < -0.39 is 0 Å². The van der Waals surface area contributed by atoms with Gasteiger partial charge in [0.2, 0.25) is 5.91 Å². The molecule has 2 amide bonds. The van der Waals surface area contributed by atoms with Gasteiger partial charge >= 0.3 is 0 Å². The van der Waals surface area contributed by atoms with E-state index in [1.54, 1.807) is 18.2 Å². The van der Waals surface area contributed by atoms with Crippen molar-refractivity contribution in [2.75, 3.05) is 31.1 Å². The molecule has 1 heterocycles. The maximum atomic E-state index is 11.9. The molecule has 2 N–H and O–H groups in total. The second-order valence-corrected chi connectivity index (χ2v) is 6.89. The molecule has 142 valence electrons. The topological polar surface area (TPSA) is 70.7 Å². The second kappa shape index (κ2) is 8.97. The van der Waals surface area contributed by atoms with E-state index in [2.05, 4.69) is 10.6 Å². The van der Waals surface area contributed by atoms with Crippen LogP contribution in [0.3, 0.4) is 0 Å². The van der Waals surface area contributed by atoms with Crippen LogP contribution < -0.4 is 20.3 Å². The lowest BCUT2D eigenvalue weighted by molar-refractivity contribution is -0.123. The van der Waals surface area contributed by atoms with Gasteiger partial charge < -0.3 is 20.3 Å². The number of carbonyl (C=O) groups is 2. The highest BCUT2D eigenvalue weighted by Crippen LogP contribution is 2.26. The summed E-state index contributed by atoms with van der Waals surface area (Å²) in [6, 6.07) is 12.6. The average Bonchev–Trinajstić information content (AvgIpc) is 2.67. The minimum absolute atomic E-state index is 0.0274. The fraction of sp³-hybridized carbons (Fsp3) is 0.263. The predicted octanol–water partition coefficient (Wildman–Crippen LogP) is 2.62. The maximum Gasteiger partial charge on any atom is 0.258 e. The van der Waals surface area contributed by atoms with Gasteiger partial charge in [-0.05, 0) is 29.8 Å². The molecule has 0 unspecified atom stereocenters. The zero-order chi connectivity index (χ0) is 19.2. The molecule has 0 spiro atoms. The molecular formula is C19H19Cl2N3O3. The zero-order valence-corrected chi connectivity index (χ0v) is 16.0. The number of nitrogens with zero attached hydrogens (tertiary/aromatic N) is 1. The van der Waals surface area contributed by atoms with Crippen LogP contribution in [0.4, 0.5) is 5.69 Å². The van der Waals surface area contributed by atoms with E-state index >= 15 is 0 Å². The number of halogens is 2. The smallest absolute Gasteiger partial charge is 0.258 e. The summed E-state index contributed by atoms with van der Waals surface area (Å²) in [6.07, 6.45) is 0. The quantitative estimate of drug-likeness (QED) is 0.771. The number of amides is 2. The first-order valence-corrected chi connectivity index (χ1v) is 9.22. The fourth-order valence-electron chi connectivity index (χ4n) is 2.65. The van der Waals surface area contributed by atoms with E-state index in [4.69, 9.17) is 27.9 Å². The molecule has 0 saturated carbocycles. The van der Waals surface area contributed by atoms with Crippen LogP contribution in [0.25, 0.3) is 0 Å². The number of anilines is 1. The van der Waals surface area contributed by atoms with E-state index in [1.807, 2.05) is 29.2 Å². The molecule has 2 aromatic carbocycles. The van der Waals surface area contributed by atoms with Crippen molar-refractivity contribution < 1.29 is 14.3 Å². The van der Waals surface area contributed by atoms with Gasteiger partial charge in [-0.25, -0.2) is 0 Å². The summed E-state index contributed by atoms with van der Waals surface area (Å²) >= 11 is 11.7. The lowest BCUT2D eigenvalue weighted by Crippen LogP contribution is -2.47. The van der Waals surface area contributed by atoms with Crippen molar-refractivity contribution in [3.8, 4) is 5.75 Å². The Kier molecular flexibility index (Phi) is 6.42. The molecule has 2 aromatic rings. The molecule has 3 rings (SSSR count). The molecule has 8 heteroatoms. The van der Waals surface area contributed by atoms with Crippen LogP contribution in [0.5, 0.6) is 5.75 Å². The number of hydrogen-bond acceptors (Lipinski definition) is 4. The van der Waals surface area contributed by atoms with Crippen LogP contribution >= 0.6 is 23.2 Å². The summed E-state index contributed by atoms with van der Waals surface area (Å²) in [6.45, 7) is 2.08. The molecule has 1 saturated heterocycles. The Bertz CT molecular complexity index is 827. The largest absolute Gasteiger partial charge is 0.484 e. The van der Waals surface area contributed by atoms with Gasteiger partial charge in [0, 0.05) is 31.4 Å². The summed E-state index contributed by atoms with van der Waals surface area (Å²) in [7, 11) is 0. The summed E-state index contributed by atoms with van der Waals surface area (Å²) < 4.78 is 5.40.